The molecule has 3 aromatic rings. The topological polar surface area (TPSA) is 112 Å². The number of aryl methyl sites for hydroxylation is 1. The van der Waals surface area contributed by atoms with E-state index < -0.39 is 11.8 Å². The fraction of sp³-hybridized carbons (Fsp3) is 0.308. The minimum absolute atomic E-state index is 0.0548. The third-order valence-corrected chi connectivity index (χ3v) is 5.28. The van der Waals surface area contributed by atoms with E-state index >= 15 is 0 Å². The second-order valence-corrected chi connectivity index (χ2v) is 7.83. The van der Waals surface area contributed by atoms with Gasteiger partial charge in [0.05, 0.1) is 12.5 Å². The fourth-order valence-electron chi connectivity index (χ4n) is 3.53. The Morgan fingerprint density at radius 1 is 1.06 bits per heavy atom. The van der Waals surface area contributed by atoms with Crippen molar-refractivity contribution in [3.8, 4) is 11.5 Å². The lowest BCUT2D eigenvalue weighted by molar-refractivity contribution is -0.123. The summed E-state index contributed by atoms with van der Waals surface area (Å²) in [6.07, 6.45) is 6.53. The maximum absolute atomic E-state index is 12.9. The highest BCUT2D eigenvalue weighted by molar-refractivity contribution is 6.05. The zero-order valence-electron chi connectivity index (χ0n) is 20.2. The SMILES string of the molecule is C/C=C/c1ccc(OCC(=O)NNC(=O)c2nn(CCCCC)c(=O)c3ccccc23)c(OC)c1. The highest BCUT2D eigenvalue weighted by atomic mass is 16.5. The minimum Gasteiger partial charge on any atom is -0.493 e. The van der Waals surface area contributed by atoms with Crippen LogP contribution in [0.4, 0.5) is 0 Å². The third kappa shape index (κ3) is 6.47. The molecule has 1 aromatic heterocycles. The Morgan fingerprint density at radius 2 is 1.83 bits per heavy atom. The number of carbonyl (C=O) groups excluding carboxylic acids is 2. The first-order valence-electron chi connectivity index (χ1n) is 11.5. The summed E-state index contributed by atoms with van der Waals surface area (Å²) < 4.78 is 12.2. The molecule has 1 heterocycles. The quantitative estimate of drug-likeness (QED) is 0.341. The number of benzene rings is 2. The highest BCUT2D eigenvalue weighted by Gasteiger charge is 2.17. The normalized spacial score (nSPS) is 10.9. The number of rotatable bonds is 10. The average Bonchev–Trinajstić information content (AvgIpc) is 2.88. The molecule has 0 aliphatic heterocycles. The van der Waals surface area contributed by atoms with Crippen LogP contribution in [0, 0.1) is 0 Å². The van der Waals surface area contributed by atoms with Crippen molar-refractivity contribution in [2.24, 2.45) is 0 Å². The van der Waals surface area contributed by atoms with Crippen molar-refractivity contribution in [2.45, 2.75) is 39.7 Å². The molecule has 0 aliphatic carbocycles. The summed E-state index contributed by atoms with van der Waals surface area (Å²) in [7, 11) is 1.51. The molecule has 0 unspecified atom stereocenters. The van der Waals surface area contributed by atoms with Crippen molar-refractivity contribution in [2.75, 3.05) is 13.7 Å². The average molecular weight is 479 g/mol. The van der Waals surface area contributed by atoms with Gasteiger partial charge in [0.25, 0.3) is 17.4 Å². The molecule has 2 amide bonds. The second kappa shape index (κ2) is 12.4. The molecule has 9 heteroatoms. The Kier molecular flexibility index (Phi) is 9.00. The molecule has 3 rings (SSSR count). The van der Waals surface area contributed by atoms with Crippen LogP contribution in [-0.2, 0) is 11.3 Å². The van der Waals surface area contributed by atoms with Crippen LogP contribution in [0.2, 0.25) is 0 Å². The number of aromatic nitrogens is 2. The Morgan fingerprint density at radius 3 is 2.54 bits per heavy atom. The van der Waals surface area contributed by atoms with E-state index in [2.05, 4.69) is 22.9 Å². The van der Waals surface area contributed by atoms with Crippen LogP contribution in [0.3, 0.4) is 0 Å². The molecule has 0 atom stereocenters. The Hall–Kier alpha value is -4.14. The summed E-state index contributed by atoms with van der Waals surface area (Å²) in [6.45, 7) is 4.04. The van der Waals surface area contributed by atoms with Crippen LogP contribution < -0.4 is 25.9 Å². The standard InChI is InChI=1S/C26H30N4O5/c1-4-6-9-15-30-26(33)20-12-8-7-11-19(20)24(29-30)25(32)28-27-23(31)17-35-21-14-13-18(10-5-2)16-22(21)34-3/h5,7-8,10-14,16H,4,6,9,15,17H2,1-3H3,(H,27,31)(H,28,32)/b10-5+. The number of nitrogens with zero attached hydrogens (tertiary/aromatic N) is 2. The van der Waals surface area contributed by atoms with Crippen molar-refractivity contribution >= 4 is 28.7 Å². The monoisotopic (exact) mass is 478 g/mol. The minimum atomic E-state index is -0.632. The number of amides is 2. The Balaban J connectivity index is 1.68. The number of hydrazine groups is 1. The van der Waals surface area contributed by atoms with E-state index in [1.165, 1.54) is 11.8 Å². The summed E-state index contributed by atoms with van der Waals surface area (Å²) in [6, 6.07) is 12.1. The molecular weight excluding hydrogens is 448 g/mol. The Bertz CT molecular complexity index is 1280. The van der Waals surface area contributed by atoms with E-state index in [1.807, 2.05) is 25.1 Å². The van der Waals surface area contributed by atoms with Gasteiger partial charge in [-0.25, -0.2) is 4.68 Å². The molecule has 9 nitrogen and oxygen atoms in total. The van der Waals surface area contributed by atoms with Gasteiger partial charge in [-0.1, -0.05) is 56.2 Å². The zero-order valence-corrected chi connectivity index (χ0v) is 20.2. The summed E-state index contributed by atoms with van der Waals surface area (Å²) >= 11 is 0. The van der Waals surface area contributed by atoms with Crippen LogP contribution >= 0.6 is 0 Å². The van der Waals surface area contributed by atoms with Crippen LogP contribution in [0.1, 0.15) is 49.2 Å². The fourth-order valence-corrected chi connectivity index (χ4v) is 3.53. The molecule has 184 valence electrons. The van der Waals surface area contributed by atoms with Crippen molar-refractivity contribution < 1.29 is 19.1 Å². The van der Waals surface area contributed by atoms with Gasteiger partial charge in [0, 0.05) is 11.9 Å². The van der Waals surface area contributed by atoms with E-state index in [-0.39, 0.29) is 17.9 Å². The molecule has 0 saturated carbocycles. The number of hydrogen-bond donors (Lipinski definition) is 2. The van der Waals surface area contributed by atoms with Crippen LogP contribution in [0.15, 0.2) is 53.3 Å². The van der Waals surface area contributed by atoms with Crippen molar-refractivity contribution in [3.05, 3.63) is 70.2 Å². The van der Waals surface area contributed by atoms with Gasteiger partial charge in [-0.3, -0.25) is 25.2 Å². The molecule has 0 saturated heterocycles. The molecular formula is C26H30N4O5. The maximum Gasteiger partial charge on any atom is 0.290 e. The maximum atomic E-state index is 12.9. The van der Waals surface area contributed by atoms with Crippen molar-refractivity contribution in [3.63, 3.8) is 0 Å². The van der Waals surface area contributed by atoms with Crippen LogP contribution in [0.25, 0.3) is 16.8 Å². The van der Waals surface area contributed by atoms with Gasteiger partial charge in [-0.05, 0) is 37.1 Å². The number of unbranched alkanes of at least 4 members (excludes halogenated alkanes) is 2. The lowest BCUT2D eigenvalue weighted by Gasteiger charge is -2.13. The third-order valence-electron chi connectivity index (χ3n) is 5.28. The van der Waals surface area contributed by atoms with Crippen LogP contribution in [-0.4, -0.2) is 35.3 Å². The molecule has 0 aliphatic rings. The molecule has 0 radical (unpaired) electrons. The smallest absolute Gasteiger partial charge is 0.290 e. The number of fused-ring (bicyclic) bond motifs is 1. The summed E-state index contributed by atoms with van der Waals surface area (Å²) in [4.78, 5) is 37.9. The molecule has 2 N–H and O–H groups in total. The molecule has 0 fully saturated rings. The summed E-state index contributed by atoms with van der Waals surface area (Å²) in [5.74, 6) is -0.321. The molecule has 35 heavy (non-hydrogen) atoms. The van der Waals surface area contributed by atoms with E-state index in [9.17, 15) is 14.4 Å². The predicted molar refractivity (Wildman–Crippen MR) is 134 cm³/mol. The second-order valence-electron chi connectivity index (χ2n) is 7.83. The lowest BCUT2D eigenvalue weighted by atomic mass is 10.1. The summed E-state index contributed by atoms with van der Waals surface area (Å²) in [5.41, 5.74) is 5.43. The first kappa shape index (κ1) is 25.5. The number of ether oxygens (including phenoxy) is 2. The van der Waals surface area contributed by atoms with Gasteiger partial charge in [-0.15, -0.1) is 0 Å². The van der Waals surface area contributed by atoms with Crippen LogP contribution in [0.5, 0.6) is 11.5 Å². The van der Waals surface area contributed by atoms with Gasteiger partial charge in [0.1, 0.15) is 0 Å². The Labute approximate surface area is 203 Å². The number of allylic oxidation sites excluding steroid dienone is 1. The van der Waals surface area contributed by atoms with Gasteiger partial charge in [-0.2, -0.15) is 5.10 Å². The molecule has 0 bridgehead atoms. The number of hydrogen-bond acceptors (Lipinski definition) is 6. The predicted octanol–water partition coefficient (Wildman–Crippen LogP) is 3.47. The largest absolute Gasteiger partial charge is 0.493 e. The first-order chi connectivity index (χ1) is 17.0. The molecule has 2 aromatic carbocycles. The van der Waals surface area contributed by atoms with Gasteiger partial charge >= 0.3 is 0 Å². The van der Waals surface area contributed by atoms with E-state index in [0.29, 0.717) is 28.8 Å². The van der Waals surface area contributed by atoms with Crippen molar-refractivity contribution in [1.82, 2.24) is 20.6 Å². The van der Waals surface area contributed by atoms with Gasteiger partial charge < -0.3 is 9.47 Å². The zero-order chi connectivity index (χ0) is 25.2. The molecule has 0 spiro atoms. The summed E-state index contributed by atoms with van der Waals surface area (Å²) in [5, 5.41) is 5.09. The number of carbonyl (C=O) groups is 2. The number of methoxy groups -OCH3 is 1. The van der Waals surface area contributed by atoms with E-state index in [4.69, 9.17) is 9.47 Å². The first-order valence-corrected chi connectivity index (χ1v) is 11.5. The van der Waals surface area contributed by atoms with Gasteiger partial charge in [0.15, 0.2) is 23.8 Å². The number of nitrogens with one attached hydrogen (secondary N) is 2. The van der Waals surface area contributed by atoms with E-state index in [1.54, 1.807) is 36.4 Å². The highest BCUT2D eigenvalue weighted by Crippen LogP contribution is 2.28. The van der Waals surface area contributed by atoms with E-state index in [0.717, 1.165) is 24.8 Å². The lowest BCUT2D eigenvalue weighted by Crippen LogP contribution is -2.44. The van der Waals surface area contributed by atoms with Gasteiger partial charge in [0.2, 0.25) is 0 Å². The van der Waals surface area contributed by atoms with Crippen molar-refractivity contribution in [1.29, 1.82) is 0 Å².